The molecule has 0 aliphatic carbocycles. The maximum Gasteiger partial charge on any atom is 0.126 e. The zero-order valence-electron chi connectivity index (χ0n) is 11.7. The van der Waals surface area contributed by atoms with E-state index in [1.807, 2.05) is 19.1 Å². The first-order valence-electron chi connectivity index (χ1n) is 7.04. The Labute approximate surface area is 115 Å². The predicted molar refractivity (Wildman–Crippen MR) is 77.8 cm³/mol. The summed E-state index contributed by atoms with van der Waals surface area (Å²) in [5.74, 6) is -0.101. The third kappa shape index (κ3) is 3.64. The van der Waals surface area contributed by atoms with Crippen molar-refractivity contribution in [2.75, 3.05) is 26.2 Å². The molecule has 2 nitrogen and oxygen atoms in total. The summed E-state index contributed by atoms with van der Waals surface area (Å²) in [6.07, 6.45) is 3.91. The summed E-state index contributed by atoms with van der Waals surface area (Å²) in [5, 5.41) is 3.36. The van der Waals surface area contributed by atoms with Crippen molar-refractivity contribution in [1.82, 2.24) is 10.2 Å². The SMILES string of the molecule is C=CCC[C@H](c1ccc(C)c(F)c1)N1CCNCC1. The van der Waals surface area contributed by atoms with Crippen molar-refractivity contribution in [2.45, 2.75) is 25.8 Å². The molecule has 0 aromatic heterocycles. The van der Waals surface area contributed by atoms with Crippen LogP contribution in [0.2, 0.25) is 0 Å². The Hall–Kier alpha value is -1.19. The number of allylic oxidation sites excluding steroid dienone is 1. The molecule has 0 amide bonds. The fourth-order valence-corrected chi connectivity index (χ4v) is 2.65. The number of benzene rings is 1. The molecule has 2 rings (SSSR count). The molecule has 1 heterocycles. The monoisotopic (exact) mass is 262 g/mol. The number of aryl methyl sites for hydroxylation is 1. The first-order chi connectivity index (χ1) is 9.22. The number of nitrogens with zero attached hydrogens (tertiary/aromatic N) is 1. The molecule has 1 N–H and O–H groups in total. The second-order valence-electron chi connectivity index (χ2n) is 5.18. The number of piperazine rings is 1. The molecular formula is C16H23FN2. The predicted octanol–water partition coefficient (Wildman–Crippen LogP) is 3.05. The van der Waals surface area contributed by atoms with Crippen molar-refractivity contribution in [3.05, 3.63) is 47.8 Å². The number of hydrogen-bond acceptors (Lipinski definition) is 2. The Kier molecular flexibility index (Phi) is 5.11. The molecule has 0 spiro atoms. The van der Waals surface area contributed by atoms with Crippen molar-refractivity contribution in [3.63, 3.8) is 0 Å². The minimum Gasteiger partial charge on any atom is -0.314 e. The maximum absolute atomic E-state index is 13.8. The largest absolute Gasteiger partial charge is 0.314 e. The number of rotatable bonds is 5. The fraction of sp³-hybridized carbons (Fsp3) is 0.500. The van der Waals surface area contributed by atoms with Gasteiger partial charge in [0, 0.05) is 32.2 Å². The summed E-state index contributed by atoms with van der Waals surface area (Å²) in [5.41, 5.74) is 1.80. The van der Waals surface area contributed by atoms with Crippen molar-refractivity contribution < 1.29 is 4.39 Å². The van der Waals surface area contributed by atoms with Crippen LogP contribution in [0, 0.1) is 12.7 Å². The normalized spacial score (nSPS) is 18.2. The molecule has 1 aliphatic rings. The van der Waals surface area contributed by atoms with Crippen molar-refractivity contribution in [2.24, 2.45) is 0 Å². The van der Waals surface area contributed by atoms with Gasteiger partial charge in [-0.1, -0.05) is 18.2 Å². The summed E-state index contributed by atoms with van der Waals surface area (Å²) in [4.78, 5) is 2.45. The topological polar surface area (TPSA) is 15.3 Å². The van der Waals surface area contributed by atoms with Crippen molar-refractivity contribution in [3.8, 4) is 0 Å². The average Bonchev–Trinajstić information content (AvgIpc) is 2.44. The highest BCUT2D eigenvalue weighted by Gasteiger charge is 2.22. The standard InChI is InChI=1S/C16H23FN2/c1-3-4-5-16(19-10-8-18-9-11-19)14-7-6-13(2)15(17)12-14/h3,6-7,12,16,18H,1,4-5,8-11H2,2H3/t16-/m1/s1. The van der Waals surface area contributed by atoms with Gasteiger partial charge in [0.05, 0.1) is 0 Å². The summed E-state index contributed by atoms with van der Waals surface area (Å²) >= 11 is 0. The van der Waals surface area contributed by atoms with E-state index in [2.05, 4.69) is 22.9 Å². The highest BCUT2D eigenvalue weighted by molar-refractivity contribution is 5.26. The fourth-order valence-electron chi connectivity index (χ4n) is 2.65. The van der Waals surface area contributed by atoms with Crippen LogP contribution in [0.4, 0.5) is 4.39 Å². The minimum atomic E-state index is -0.101. The van der Waals surface area contributed by atoms with E-state index in [1.165, 1.54) is 0 Å². The number of nitrogens with one attached hydrogen (secondary N) is 1. The van der Waals surface area contributed by atoms with Gasteiger partial charge in [-0.2, -0.15) is 0 Å². The van der Waals surface area contributed by atoms with Crippen molar-refractivity contribution >= 4 is 0 Å². The van der Waals surface area contributed by atoms with E-state index in [0.29, 0.717) is 11.6 Å². The highest BCUT2D eigenvalue weighted by Crippen LogP contribution is 2.27. The highest BCUT2D eigenvalue weighted by atomic mass is 19.1. The molecule has 0 bridgehead atoms. The van der Waals surface area contributed by atoms with Gasteiger partial charge in [0.2, 0.25) is 0 Å². The molecule has 3 heteroatoms. The summed E-state index contributed by atoms with van der Waals surface area (Å²) < 4.78 is 13.8. The first-order valence-corrected chi connectivity index (χ1v) is 7.04. The van der Waals surface area contributed by atoms with Gasteiger partial charge in [0.25, 0.3) is 0 Å². The van der Waals surface area contributed by atoms with Crippen LogP contribution in [0.5, 0.6) is 0 Å². The van der Waals surface area contributed by atoms with Gasteiger partial charge in [-0.3, -0.25) is 4.90 Å². The Bertz CT molecular complexity index is 425. The van der Waals surface area contributed by atoms with E-state index < -0.39 is 0 Å². The van der Waals surface area contributed by atoms with E-state index in [9.17, 15) is 4.39 Å². The number of hydrogen-bond donors (Lipinski definition) is 1. The average molecular weight is 262 g/mol. The minimum absolute atomic E-state index is 0.101. The molecule has 0 radical (unpaired) electrons. The molecule has 1 aliphatic heterocycles. The molecule has 1 fully saturated rings. The van der Waals surface area contributed by atoms with Crippen LogP contribution in [0.25, 0.3) is 0 Å². The molecule has 19 heavy (non-hydrogen) atoms. The lowest BCUT2D eigenvalue weighted by molar-refractivity contribution is 0.166. The van der Waals surface area contributed by atoms with E-state index in [1.54, 1.807) is 6.07 Å². The molecule has 1 aromatic carbocycles. The molecule has 1 saturated heterocycles. The Morgan fingerprint density at radius 2 is 2.16 bits per heavy atom. The van der Waals surface area contributed by atoms with Crippen molar-refractivity contribution in [1.29, 1.82) is 0 Å². The van der Waals surface area contributed by atoms with Crippen LogP contribution < -0.4 is 5.32 Å². The van der Waals surface area contributed by atoms with Crippen LogP contribution in [-0.4, -0.2) is 31.1 Å². The molecule has 0 saturated carbocycles. The lowest BCUT2D eigenvalue weighted by Gasteiger charge is -2.35. The number of halogens is 1. The lowest BCUT2D eigenvalue weighted by atomic mass is 9.98. The maximum atomic E-state index is 13.8. The van der Waals surface area contributed by atoms with Gasteiger partial charge in [-0.05, 0) is 37.0 Å². The summed E-state index contributed by atoms with van der Waals surface area (Å²) in [6.45, 7) is 9.68. The Morgan fingerprint density at radius 1 is 1.42 bits per heavy atom. The van der Waals surface area contributed by atoms with Crippen LogP contribution in [0.3, 0.4) is 0 Å². The Balaban J connectivity index is 2.19. The van der Waals surface area contributed by atoms with Crippen LogP contribution in [0.1, 0.15) is 30.0 Å². The van der Waals surface area contributed by atoms with Crippen LogP contribution in [0.15, 0.2) is 30.9 Å². The van der Waals surface area contributed by atoms with Crippen LogP contribution >= 0.6 is 0 Å². The zero-order valence-corrected chi connectivity index (χ0v) is 11.7. The molecule has 1 atom stereocenters. The summed E-state index contributed by atoms with van der Waals surface area (Å²) in [7, 11) is 0. The Morgan fingerprint density at radius 3 is 2.79 bits per heavy atom. The van der Waals surface area contributed by atoms with Gasteiger partial charge in [0.15, 0.2) is 0 Å². The van der Waals surface area contributed by atoms with Gasteiger partial charge in [-0.25, -0.2) is 4.39 Å². The second kappa shape index (κ2) is 6.83. The smallest absolute Gasteiger partial charge is 0.126 e. The molecule has 0 unspecified atom stereocenters. The van der Waals surface area contributed by atoms with Gasteiger partial charge < -0.3 is 5.32 Å². The molecule has 104 valence electrons. The molecule has 1 aromatic rings. The van der Waals surface area contributed by atoms with Gasteiger partial charge in [-0.15, -0.1) is 6.58 Å². The third-order valence-electron chi connectivity index (χ3n) is 3.82. The third-order valence-corrected chi connectivity index (χ3v) is 3.82. The zero-order chi connectivity index (χ0) is 13.7. The van der Waals surface area contributed by atoms with E-state index in [-0.39, 0.29) is 5.82 Å². The van der Waals surface area contributed by atoms with E-state index in [0.717, 1.165) is 44.6 Å². The molecular weight excluding hydrogens is 239 g/mol. The second-order valence-corrected chi connectivity index (χ2v) is 5.18. The van der Waals surface area contributed by atoms with Crippen LogP contribution in [-0.2, 0) is 0 Å². The quantitative estimate of drug-likeness (QED) is 0.821. The van der Waals surface area contributed by atoms with E-state index in [4.69, 9.17) is 0 Å². The first kappa shape index (κ1) is 14.2. The lowest BCUT2D eigenvalue weighted by Crippen LogP contribution is -2.45. The van der Waals surface area contributed by atoms with Gasteiger partial charge >= 0.3 is 0 Å². The summed E-state index contributed by atoms with van der Waals surface area (Å²) in [6, 6.07) is 5.95. The van der Waals surface area contributed by atoms with E-state index >= 15 is 0 Å². The van der Waals surface area contributed by atoms with Gasteiger partial charge in [0.1, 0.15) is 5.82 Å².